The van der Waals surface area contributed by atoms with Gasteiger partial charge >= 0.3 is 0 Å². The summed E-state index contributed by atoms with van der Waals surface area (Å²) in [7, 11) is 1.66. The maximum absolute atomic E-state index is 12.3. The molecule has 1 aromatic heterocycles. The first kappa shape index (κ1) is 17.4. The molecule has 0 spiro atoms. The van der Waals surface area contributed by atoms with Crippen molar-refractivity contribution < 1.29 is 9.53 Å². The van der Waals surface area contributed by atoms with Gasteiger partial charge in [-0.3, -0.25) is 4.79 Å². The Morgan fingerprint density at radius 2 is 2.17 bits per heavy atom. The number of hydrogen-bond donors (Lipinski definition) is 2. The highest BCUT2D eigenvalue weighted by atomic mass is 79.9. The van der Waals surface area contributed by atoms with Crippen LogP contribution in [0.4, 0.5) is 11.6 Å². The summed E-state index contributed by atoms with van der Waals surface area (Å²) in [5.41, 5.74) is 2.04. The minimum absolute atomic E-state index is 0.266. The number of hydrogen-bond acceptors (Lipinski definition) is 5. The van der Waals surface area contributed by atoms with E-state index in [0.717, 1.165) is 22.1 Å². The predicted octanol–water partition coefficient (Wildman–Crippen LogP) is 3.25. The fourth-order valence-electron chi connectivity index (χ4n) is 1.94. The van der Waals surface area contributed by atoms with Crippen molar-refractivity contribution in [2.45, 2.75) is 13.3 Å². The average Bonchev–Trinajstić information content (AvgIpc) is 2.54. The first-order valence-corrected chi connectivity index (χ1v) is 8.03. The zero-order valence-corrected chi connectivity index (χ0v) is 14.7. The first-order chi connectivity index (χ1) is 11.1. The Bertz CT molecular complexity index is 679. The fourth-order valence-corrected chi connectivity index (χ4v) is 2.42. The van der Waals surface area contributed by atoms with Gasteiger partial charge in [0.15, 0.2) is 0 Å². The van der Waals surface area contributed by atoms with Gasteiger partial charge in [0.25, 0.3) is 5.91 Å². The number of amides is 1. The number of anilines is 2. The van der Waals surface area contributed by atoms with Crippen LogP contribution in [-0.2, 0) is 4.74 Å². The van der Waals surface area contributed by atoms with Crippen LogP contribution in [0.3, 0.4) is 0 Å². The molecule has 1 heterocycles. The van der Waals surface area contributed by atoms with Gasteiger partial charge < -0.3 is 15.4 Å². The zero-order valence-electron chi connectivity index (χ0n) is 13.1. The van der Waals surface area contributed by atoms with Crippen LogP contribution in [0.25, 0.3) is 0 Å². The molecule has 0 atom stereocenters. The molecule has 23 heavy (non-hydrogen) atoms. The molecule has 0 saturated heterocycles. The second-order valence-corrected chi connectivity index (χ2v) is 5.87. The maximum Gasteiger partial charge on any atom is 0.274 e. The third-order valence-corrected chi connectivity index (χ3v) is 3.63. The third kappa shape index (κ3) is 5.30. The Hall–Kier alpha value is -1.99. The number of ether oxygens (including phenoxy) is 1. The quantitative estimate of drug-likeness (QED) is 0.723. The zero-order chi connectivity index (χ0) is 16.7. The van der Waals surface area contributed by atoms with Gasteiger partial charge in [0.1, 0.15) is 5.69 Å². The summed E-state index contributed by atoms with van der Waals surface area (Å²) in [5, 5.41) is 5.93. The molecule has 7 heteroatoms. The van der Waals surface area contributed by atoms with E-state index in [9.17, 15) is 4.79 Å². The second kappa shape index (κ2) is 8.59. The van der Waals surface area contributed by atoms with Crippen LogP contribution in [0, 0.1) is 6.92 Å². The van der Waals surface area contributed by atoms with Gasteiger partial charge in [-0.25, -0.2) is 9.97 Å². The molecule has 0 saturated carbocycles. The van der Waals surface area contributed by atoms with Gasteiger partial charge in [-0.1, -0.05) is 15.9 Å². The highest BCUT2D eigenvalue weighted by Gasteiger charge is 2.10. The van der Waals surface area contributed by atoms with Gasteiger partial charge in [0.2, 0.25) is 5.95 Å². The van der Waals surface area contributed by atoms with E-state index < -0.39 is 0 Å². The number of nitrogens with one attached hydrogen (secondary N) is 2. The molecule has 6 nitrogen and oxygen atoms in total. The summed E-state index contributed by atoms with van der Waals surface area (Å²) >= 11 is 3.40. The number of benzene rings is 1. The van der Waals surface area contributed by atoms with Crippen LogP contribution in [0.1, 0.15) is 22.5 Å². The molecule has 2 rings (SSSR count). The van der Waals surface area contributed by atoms with E-state index in [0.29, 0.717) is 24.8 Å². The molecule has 0 radical (unpaired) electrons. The Morgan fingerprint density at radius 1 is 1.35 bits per heavy atom. The molecular weight excluding hydrogens is 360 g/mol. The number of carbonyl (C=O) groups is 1. The summed E-state index contributed by atoms with van der Waals surface area (Å²) < 4.78 is 5.95. The smallest absolute Gasteiger partial charge is 0.274 e. The number of rotatable bonds is 7. The summed E-state index contributed by atoms with van der Waals surface area (Å²) in [6.45, 7) is 3.28. The topological polar surface area (TPSA) is 76.1 Å². The summed E-state index contributed by atoms with van der Waals surface area (Å²) in [6.07, 6.45) is 2.41. The van der Waals surface area contributed by atoms with Crippen LogP contribution in [0.5, 0.6) is 0 Å². The maximum atomic E-state index is 12.3. The summed E-state index contributed by atoms with van der Waals surface area (Å²) in [6, 6.07) is 7.26. The van der Waals surface area contributed by atoms with Crippen molar-refractivity contribution in [2.75, 3.05) is 30.9 Å². The lowest BCUT2D eigenvalue weighted by Crippen LogP contribution is -2.16. The monoisotopic (exact) mass is 378 g/mol. The normalized spacial score (nSPS) is 10.4. The molecule has 1 amide bonds. The van der Waals surface area contributed by atoms with Gasteiger partial charge in [0.05, 0.1) is 0 Å². The van der Waals surface area contributed by atoms with E-state index in [1.807, 2.05) is 25.1 Å². The van der Waals surface area contributed by atoms with E-state index in [1.165, 1.54) is 0 Å². The van der Waals surface area contributed by atoms with E-state index >= 15 is 0 Å². The molecule has 0 aliphatic carbocycles. The van der Waals surface area contributed by atoms with Crippen LogP contribution in [0.15, 0.2) is 34.9 Å². The average molecular weight is 379 g/mol. The van der Waals surface area contributed by atoms with Crippen molar-refractivity contribution in [3.8, 4) is 0 Å². The van der Waals surface area contributed by atoms with Crippen molar-refractivity contribution in [1.82, 2.24) is 9.97 Å². The lowest BCUT2D eigenvalue weighted by atomic mass is 10.2. The molecular formula is C16H19BrN4O2. The molecule has 2 aromatic rings. The Balaban J connectivity index is 2.01. The lowest BCUT2D eigenvalue weighted by Gasteiger charge is -2.09. The summed E-state index contributed by atoms with van der Waals surface area (Å²) in [4.78, 5) is 20.7. The van der Waals surface area contributed by atoms with Crippen LogP contribution >= 0.6 is 15.9 Å². The number of aromatic nitrogens is 2. The Morgan fingerprint density at radius 3 is 2.91 bits per heavy atom. The van der Waals surface area contributed by atoms with Crippen molar-refractivity contribution >= 4 is 33.5 Å². The number of methoxy groups -OCH3 is 1. The molecule has 1 aromatic carbocycles. The molecule has 2 N–H and O–H groups in total. The van der Waals surface area contributed by atoms with E-state index in [2.05, 4.69) is 36.5 Å². The van der Waals surface area contributed by atoms with Gasteiger partial charge in [-0.15, -0.1) is 0 Å². The first-order valence-electron chi connectivity index (χ1n) is 7.23. The van der Waals surface area contributed by atoms with E-state index in [4.69, 9.17) is 4.74 Å². The number of carbonyl (C=O) groups excluding carboxylic acids is 1. The highest BCUT2D eigenvalue weighted by molar-refractivity contribution is 9.10. The van der Waals surface area contributed by atoms with Crippen LogP contribution in [-0.4, -0.2) is 36.1 Å². The van der Waals surface area contributed by atoms with Gasteiger partial charge in [-0.2, -0.15) is 0 Å². The predicted molar refractivity (Wildman–Crippen MR) is 93.8 cm³/mol. The molecule has 0 aliphatic heterocycles. The highest BCUT2D eigenvalue weighted by Crippen LogP contribution is 2.20. The molecule has 0 unspecified atom stereocenters. The largest absolute Gasteiger partial charge is 0.385 e. The number of aryl methyl sites for hydroxylation is 1. The standard InChI is InChI=1S/C16H19BrN4O2/c1-11-10-12(17)4-5-13(11)20-15(22)14-6-8-19-16(21-14)18-7-3-9-23-2/h4-6,8,10H,3,7,9H2,1-2H3,(H,20,22)(H,18,19,21). The molecule has 0 bridgehead atoms. The number of halogens is 1. The Kier molecular flexibility index (Phi) is 6.49. The molecule has 0 fully saturated rings. The Labute approximate surface area is 143 Å². The van der Waals surface area contributed by atoms with Gasteiger partial charge in [0, 0.05) is 36.6 Å². The molecule has 122 valence electrons. The summed E-state index contributed by atoms with van der Waals surface area (Å²) in [5.74, 6) is 0.166. The van der Waals surface area contributed by atoms with Gasteiger partial charge in [-0.05, 0) is 43.2 Å². The van der Waals surface area contributed by atoms with Crippen molar-refractivity contribution in [1.29, 1.82) is 0 Å². The van der Waals surface area contributed by atoms with Crippen LogP contribution < -0.4 is 10.6 Å². The van der Waals surface area contributed by atoms with E-state index in [1.54, 1.807) is 19.4 Å². The van der Waals surface area contributed by atoms with Crippen LogP contribution in [0.2, 0.25) is 0 Å². The third-order valence-electron chi connectivity index (χ3n) is 3.13. The SMILES string of the molecule is COCCCNc1nccc(C(=O)Nc2ccc(Br)cc2C)n1. The van der Waals surface area contributed by atoms with Crippen molar-refractivity contribution in [3.63, 3.8) is 0 Å². The minimum atomic E-state index is -0.266. The lowest BCUT2D eigenvalue weighted by molar-refractivity contribution is 0.102. The minimum Gasteiger partial charge on any atom is -0.385 e. The van der Waals surface area contributed by atoms with Crippen molar-refractivity contribution in [2.24, 2.45) is 0 Å². The number of nitrogens with zero attached hydrogens (tertiary/aromatic N) is 2. The van der Waals surface area contributed by atoms with Crippen molar-refractivity contribution in [3.05, 3.63) is 46.2 Å². The fraction of sp³-hybridized carbons (Fsp3) is 0.312. The molecule has 0 aliphatic rings. The van der Waals surface area contributed by atoms with E-state index in [-0.39, 0.29) is 5.91 Å². The second-order valence-electron chi connectivity index (χ2n) is 4.95.